The summed E-state index contributed by atoms with van der Waals surface area (Å²) < 4.78 is 6.25. The fourth-order valence-corrected chi connectivity index (χ4v) is 5.48. The molecule has 2 amide bonds. The molecule has 0 N–H and O–H groups in total. The highest BCUT2D eigenvalue weighted by Crippen LogP contribution is 2.52. The average Bonchev–Trinajstić information content (AvgIpc) is 3.41. The molecule has 1 spiro atoms. The van der Waals surface area contributed by atoms with E-state index in [1.165, 1.54) is 19.3 Å². The zero-order chi connectivity index (χ0) is 20.7. The summed E-state index contributed by atoms with van der Waals surface area (Å²) in [6.07, 6.45) is 12.3. The first-order chi connectivity index (χ1) is 14.6. The predicted octanol–water partition coefficient (Wildman–Crippen LogP) is 0.703. The molecular formula is C22H29N5O3. The van der Waals surface area contributed by atoms with Gasteiger partial charge in [-0.2, -0.15) is 0 Å². The van der Waals surface area contributed by atoms with Crippen LogP contribution >= 0.6 is 0 Å². The number of hydrogen-bond donors (Lipinski definition) is 0. The van der Waals surface area contributed by atoms with Gasteiger partial charge in [-0.15, -0.1) is 0 Å². The van der Waals surface area contributed by atoms with Crippen molar-refractivity contribution >= 4 is 11.8 Å². The maximum Gasteiger partial charge on any atom is 0.230 e. The van der Waals surface area contributed by atoms with Crippen molar-refractivity contribution in [2.45, 2.75) is 37.5 Å². The Balaban J connectivity index is 1.28. The summed E-state index contributed by atoms with van der Waals surface area (Å²) in [6, 6.07) is 0. The van der Waals surface area contributed by atoms with Crippen LogP contribution < -0.4 is 0 Å². The van der Waals surface area contributed by atoms with E-state index in [0.29, 0.717) is 19.6 Å². The van der Waals surface area contributed by atoms with Crippen molar-refractivity contribution in [2.24, 2.45) is 11.8 Å². The van der Waals surface area contributed by atoms with Crippen LogP contribution in [0.25, 0.3) is 0 Å². The Labute approximate surface area is 176 Å². The van der Waals surface area contributed by atoms with Gasteiger partial charge in [0, 0.05) is 32.5 Å². The van der Waals surface area contributed by atoms with Crippen molar-refractivity contribution in [2.75, 3.05) is 39.8 Å². The van der Waals surface area contributed by atoms with Gasteiger partial charge in [-0.25, -0.2) is 0 Å². The topological polar surface area (TPSA) is 78.9 Å². The van der Waals surface area contributed by atoms with Crippen LogP contribution in [0.15, 0.2) is 30.7 Å². The van der Waals surface area contributed by atoms with Gasteiger partial charge in [0.15, 0.2) is 0 Å². The second kappa shape index (κ2) is 7.74. The normalized spacial score (nSPS) is 32.6. The minimum absolute atomic E-state index is 0.0603. The van der Waals surface area contributed by atoms with Crippen LogP contribution in [0, 0.1) is 11.8 Å². The molecule has 0 aromatic carbocycles. The van der Waals surface area contributed by atoms with E-state index in [-0.39, 0.29) is 17.9 Å². The first-order valence-electron chi connectivity index (χ1n) is 11.0. The SMILES string of the molecule is CN(Cc1cnccn1)C(=O)[C@H]1[C@@H]2C=C[C@@]3(CN(CCN4CCCCC4)C(=O)[C@@H]13)O2. The quantitative estimate of drug-likeness (QED) is 0.642. The fourth-order valence-electron chi connectivity index (χ4n) is 5.48. The minimum atomic E-state index is -0.642. The molecule has 8 heteroatoms. The molecule has 2 bridgehead atoms. The van der Waals surface area contributed by atoms with Gasteiger partial charge in [0.2, 0.25) is 11.8 Å². The van der Waals surface area contributed by atoms with E-state index in [0.717, 1.165) is 25.3 Å². The maximum absolute atomic E-state index is 13.3. The smallest absolute Gasteiger partial charge is 0.230 e. The first kappa shape index (κ1) is 19.6. The lowest BCUT2D eigenvalue weighted by Crippen LogP contribution is -2.45. The number of hydrogen-bond acceptors (Lipinski definition) is 6. The Kier molecular flexibility index (Phi) is 5.06. The molecule has 0 unspecified atom stereocenters. The number of amides is 2. The van der Waals surface area contributed by atoms with E-state index in [2.05, 4.69) is 14.9 Å². The number of fused-ring (bicyclic) bond motifs is 1. The van der Waals surface area contributed by atoms with Gasteiger partial charge >= 0.3 is 0 Å². The molecule has 8 nitrogen and oxygen atoms in total. The Morgan fingerprint density at radius 3 is 2.87 bits per heavy atom. The van der Waals surface area contributed by atoms with Crippen LogP contribution in [0.3, 0.4) is 0 Å². The Bertz CT molecular complexity index is 840. The van der Waals surface area contributed by atoms with E-state index in [4.69, 9.17) is 4.74 Å². The van der Waals surface area contributed by atoms with Crippen molar-refractivity contribution in [3.8, 4) is 0 Å². The van der Waals surface area contributed by atoms with Gasteiger partial charge < -0.3 is 19.4 Å². The van der Waals surface area contributed by atoms with Gasteiger partial charge in [-0.05, 0) is 25.9 Å². The predicted molar refractivity (Wildman–Crippen MR) is 109 cm³/mol. The molecule has 3 fully saturated rings. The number of rotatable bonds is 6. The summed E-state index contributed by atoms with van der Waals surface area (Å²) >= 11 is 0. The van der Waals surface area contributed by atoms with Crippen LogP contribution in [0.5, 0.6) is 0 Å². The van der Waals surface area contributed by atoms with Crippen LogP contribution in [0.2, 0.25) is 0 Å². The van der Waals surface area contributed by atoms with E-state index >= 15 is 0 Å². The average molecular weight is 412 g/mol. The molecule has 4 atom stereocenters. The molecule has 5 rings (SSSR count). The summed E-state index contributed by atoms with van der Waals surface area (Å²) in [6.45, 7) is 4.75. The maximum atomic E-state index is 13.3. The Hall–Kier alpha value is -2.32. The van der Waals surface area contributed by atoms with Gasteiger partial charge in [-0.1, -0.05) is 18.6 Å². The number of carbonyl (C=O) groups excluding carboxylic acids is 2. The highest BCUT2D eigenvalue weighted by molar-refractivity contribution is 5.93. The molecule has 160 valence electrons. The summed E-state index contributed by atoms with van der Waals surface area (Å²) in [4.78, 5) is 41.0. The van der Waals surface area contributed by atoms with E-state index in [9.17, 15) is 9.59 Å². The summed E-state index contributed by atoms with van der Waals surface area (Å²) in [5.74, 6) is -0.895. The molecular weight excluding hydrogens is 382 g/mol. The van der Waals surface area contributed by atoms with Crippen molar-refractivity contribution < 1.29 is 14.3 Å². The number of aromatic nitrogens is 2. The number of carbonyl (C=O) groups is 2. The summed E-state index contributed by atoms with van der Waals surface area (Å²) in [5, 5.41) is 0. The zero-order valence-corrected chi connectivity index (χ0v) is 17.4. The third kappa shape index (κ3) is 3.32. The monoisotopic (exact) mass is 411 g/mol. The van der Waals surface area contributed by atoms with Crippen LogP contribution in [0.4, 0.5) is 0 Å². The molecule has 1 aromatic heterocycles. The lowest BCUT2D eigenvalue weighted by Gasteiger charge is -2.29. The second-order valence-electron chi connectivity index (χ2n) is 8.95. The van der Waals surface area contributed by atoms with Crippen molar-refractivity contribution in [3.05, 3.63) is 36.4 Å². The van der Waals surface area contributed by atoms with Crippen molar-refractivity contribution in [1.29, 1.82) is 0 Å². The number of ether oxygens (including phenoxy) is 1. The van der Waals surface area contributed by atoms with Crippen LogP contribution in [0.1, 0.15) is 25.0 Å². The van der Waals surface area contributed by atoms with Crippen molar-refractivity contribution in [3.63, 3.8) is 0 Å². The molecule has 30 heavy (non-hydrogen) atoms. The zero-order valence-electron chi connectivity index (χ0n) is 17.4. The second-order valence-corrected chi connectivity index (χ2v) is 8.95. The lowest BCUT2D eigenvalue weighted by molar-refractivity contribution is -0.142. The van der Waals surface area contributed by atoms with Gasteiger partial charge in [0.25, 0.3) is 0 Å². The molecule has 4 aliphatic heterocycles. The molecule has 0 saturated carbocycles. The lowest BCUT2D eigenvalue weighted by atomic mass is 9.76. The third-order valence-electron chi connectivity index (χ3n) is 6.99. The van der Waals surface area contributed by atoms with Gasteiger partial charge in [-0.3, -0.25) is 19.6 Å². The Morgan fingerprint density at radius 2 is 2.10 bits per heavy atom. The molecule has 4 aliphatic rings. The largest absolute Gasteiger partial charge is 0.360 e. The van der Waals surface area contributed by atoms with E-state index in [1.807, 2.05) is 17.1 Å². The highest BCUT2D eigenvalue weighted by Gasteiger charge is 2.67. The number of piperidine rings is 1. The van der Waals surface area contributed by atoms with E-state index in [1.54, 1.807) is 30.5 Å². The van der Waals surface area contributed by atoms with Crippen LogP contribution in [-0.2, 0) is 20.9 Å². The molecule has 5 heterocycles. The van der Waals surface area contributed by atoms with E-state index < -0.39 is 17.4 Å². The van der Waals surface area contributed by atoms with Gasteiger partial charge in [0.1, 0.15) is 5.60 Å². The van der Waals surface area contributed by atoms with Gasteiger partial charge in [0.05, 0.1) is 42.9 Å². The fraction of sp³-hybridized carbons (Fsp3) is 0.636. The highest BCUT2D eigenvalue weighted by atomic mass is 16.5. The van der Waals surface area contributed by atoms with Crippen molar-refractivity contribution in [1.82, 2.24) is 24.7 Å². The minimum Gasteiger partial charge on any atom is -0.360 e. The third-order valence-corrected chi connectivity index (χ3v) is 6.99. The molecule has 3 saturated heterocycles. The first-order valence-corrected chi connectivity index (χ1v) is 11.0. The standard InChI is InChI=1S/C22H29N5O3/c1-25(14-16-13-23-7-8-24-16)20(28)18-17-5-6-22(30-17)15-27(21(29)19(18)22)12-11-26-9-3-2-4-10-26/h5-8,13,17-19H,2-4,9-12,14-15H2,1H3/t17-,18-,19+,22-/m0/s1. The van der Waals surface area contributed by atoms with Crippen LogP contribution in [-0.4, -0.2) is 88.0 Å². The summed E-state index contributed by atoms with van der Waals surface area (Å²) in [5.41, 5.74) is 0.0840. The Morgan fingerprint density at radius 1 is 1.27 bits per heavy atom. The number of nitrogens with zero attached hydrogens (tertiary/aromatic N) is 5. The molecule has 1 aromatic rings. The molecule has 0 radical (unpaired) electrons. The molecule has 0 aliphatic carbocycles. The number of likely N-dealkylation sites (tertiary alicyclic amines) is 2. The summed E-state index contributed by atoms with van der Waals surface area (Å²) in [7, 11) is 1.76.